The van der Waals surface area contributed by atoms with Crippen LogP contribution in [0, 0.1) is 5.92 Å². The molecule has 2 aromatic heterocycles. The molecule has 1 aliphatic heterocycles. The SMILES string of the molecule is O=C(Nc1nccs1)C(CC1CCOCC1)c1ccc(S(=O)c2ccccn2)cc1. The van der Waals surface area contributed by atoms with E-state index in [0.717, 1.165) is 38.0 Å². The van der Waals surface area contributed by atoms with Gasteiger partial charge >= 0.3 is 0 Å². The monoisotopic (exact) mass is 441 g/mol. The quantitative estimate of drug-likeness (QED) is 0.593. The van der Waals surface area contributed by atoms with Crippen molar-refractivity contribution in [1.82, 2.24) is 9.97 Å². The van der Waals surface area contributed by atoms with E-state index in [0.29, 0.717) is 21.0 Å². The molecule has 30 heavy (non-hydrogen) atoms. The van der Waals surface area contributed by atoms with Crippen molar-refractivity contribution in [3.63, 3.8) is 0 Å². The van der Waals surface area contributed by atoms with Gasteiger partial charge in [0.15, 0.2) is 5.13 Å². The van der Waals surface area contributed by atoms with Gasteiger partial charge in [0.25, 0.3) is 0 Å². The van der Waals surface area contributed by atoms with Crippen molar-refractivity contribution in [2.24, 2.45) is 5.92 Å². The van der Waals surface area contributed by atoms with E-state index in [1.54, 1.807) is 24.5 Å². The summed E-state index contributed by atoms with van der Waals surface area (Å²) in [5.74, 6) is 0.0810. The van der Waals surface area contributed by atoms with E-state index in [1.165, 1.54) is 11.3 Å². The van der Waals surface area contributed by atoms with Crippen molar-refractivity contribution in [2.75, 3.05) is 18.5 Å². The number of carbonyl (C=O) groups is 1. The van der Waals surface area contributed by atoms with Gasteiger partial charge < -0.3 is 10.1 Å². The van der Waals surface area contributed by atoms with E-state index in [4.69, 9.17) is 4.74 Å². The molecule has 1 aliphatic rings. The number of rotatable bonds is 7. The number of hydrogen-bond donors (Lipinski definition) is 1. The predicted octanol–water partition coefficient (Wildman–Crippen LogP) is 4.24. The molecule has 6 nitrogen and oxygen atoms in total. The second kappa shape index (κ2) is 10.1. The third-order valence-corrected chi connectivity index (χ3v) is 7.22. The Morgan fingerprint density at radius 1 is 1.13 bits per heavy atom. The highest BCUT2D eigenvalue weighted by Gasteiger charge is 2.27. The van der Waals surface area contributed by atoms with Crippen LogP contribution in [-0.4, -0.2) is 33.3 Å². The number of ether oxygens (including phenoxy) is 1. The zero-order valence-corrected chi connectivity index (χ0v) is 18.0. The number of thiazole rings is 1. The lowest BCUT2D eigenvalue weighted by atomic mass is 9.84. The summed E-state index contributed by atoms with van der Waals surface area (Å²) in [6.07, 6.45) is 5.98. The molecule has 1 N–H and O–H groups in total. The zero-order chi connectivity index (χ0) is 20.8. The summed E-state index contributed by atoms with van der Waals surface area (Å²) in [6.45, 7) is 1.49. The number of carbonyl (C=O) groups excluding carboxylic acids is 1. The van der Waals surface area contributed by atoms with Crippen LogP contribution in [0.1, 0.15) is 30.7 Å². The average molecular weight is 442 g/mol. The standard InChI is InChI=1S/C22H23N3O3S2/c26-21(25-22-24-11-14-29-22)19(15-16-8-12-28-13-9-16)17-4-6-18(7-5-17)30(27)20-3-1-2-10-23-20/h1-7,10-11,14,16,19H,8-9,12-13,15H2,(H,24,25,26). The lowest BCUT2D eigenvalue weighted by molar-refractivity contribution is -0.118. The van der Waals surface area contributed by atoms with Crippen molar-refractivity contribution in [2.45, 2.75) is 35.1 Å². The summed E-state index contributed by atoms with van der Waals surface area (Å²) in [6, 6.07) is 12.8. The first kappa shape index (κ1) is 20.8. The second-order valence-electron chi connectivity index (χ2n) is 7.18. The van der Waals surface area contributed by atoms with Gasteiger partial charge in [-0.3, -0.25) is 4.79 Å². The van der Waals surface area contributed by atoms with E-state index >= 15 is 0 Å². The second-order valence-corrected chi connectivity index (χ2v) is 9.50. The maximum absolute atomic E-state index is 13.1. The predicted molar refractivity (Wildman–Crippen MR) is 117 cm³/mol. The molecule has 156 valence electrons. The highest BCUT2D eigenvalue weighted by atomic mass is 32.2. The summed E-state index contributed by atoms with van der Waals surface area (Å²) in [4.78, 5) is 22.1. The van der Waals surface area contributed by atoms with Crippen molar-refractivity contribution in [3.8, 4) is 0 Å². The normalized spacial score (nSPS) is 16.7. The van der Waals surface area contributed by atoms with Crippen LogP contribution in [-0.2, 0) is 20.3 Å². The number of amides is 1. The fourth-order valence-corrected chi connectivity index (χ4v) is 5.10. The number of anilines is 1. The summed E-state index contributed by atoms with van der Waals surface area (Å²) in [7, 11) is -1.35. The molecule has 1 amide bonds. The Morgan fingerprint density at radius 3 is 2.60 bits per heavy atom. The van der Waals surface area contributed by atoms with Gasteiger partial charge in [-0.1, -0.05) is 18.2 Å². The van der Waals surface area contributed by atoms with Gasteiger partial charge in [-0.2, -0.15) is 0 Å². The van der Waals surface area contributed by atoms with E-state index in [9.17, 15) is 9.00 Å². The molecule has 1 saturated heterocycles. The Morgan fingerprint density at radius 2 is 1.93 bits per heavy atom. The van der Waals surface area contributed by atoms with E-state index in [1.807, 2.05) is 35.7 Å². The van der Waals surface area contributed by atoms with Gasteiger partial charge in [0.05, 0.1) is 5.92 Å². The molecule has 0 spiro atoms. The number of benzene rings is 1. The molecule has 0 radical (unpaired) electrons. The van der Waals surface area contributed by atoms with Crippen LogP contribution in [0.25, 0.3) is 0 Å². The minimum atomic E-state index is -1.35. The fraction of sp³-hybridized carbons (Fsp3) is 0.318. The molecule has 3 aromatic rings. The lowest BCUT2D eigenvalue weighted by Gasteiger charge is -2.26. The largest absolute Gasteiger partial charge is 0.381 e. The maximum Gasteiger partial charge on any atom is 0.233 e. The molecule has 8 heteroatoms. The lowest BCUT2D eigenvalue weighted by Crippen LogP contribution is -2.26. The minimum absolute atomic E-state index is 0.0601. The van der Waals surface area contributed by atoms with Gasteiger partial charge in [0.1, 0.15) is 15.8 Å². The molecule has 2 atom stereocenters. The van der Waals surface area contributed by atoms with Crippen molar-refractivity contribution in [1.29, 1.82) is 0 Å². The van der Waals surface area contributed by atoms with E-state index in [-0.39, 0.29) is 11.8 Å². The summed E-state index contributed by atoms with van der Waals surface area (Å²) >= 11 is 1.40. The van der Waals surface area contributed by atoms with Gasteiger partial charge in [0.2, 0.25) is 5.91 Å². The van der Waals surface area contributed by atoms with Gasteiger partial charge in [0, 0.05) is 35.9 Å². The van der Waals surface area contributed by atoms with Crippen molar-refractivity contribution >= 4 is 33.2 Å². The Balaban J connectivity index is 1.54. The summed E-state index contributed by atoms with van der Waals surface area (Å²) in [5.41, 5.74) is 0.914. The number of hydrogen-bond acceptors (Lipinski definition) is 6. The molecule has 1 aromatic carbocycles. The van der Waals surface area contributed by atoms with Crippen LogP contribution < -0.4 is 5.32 Å². The molecular weight excluding hydrogens is 418 g/mol. The van der Waals surface area contributed by atoms with Crippen molar-refractivity contribution < 1.29 is 13.7 Å². The molecule has 0 bridgehead atoms. The van der Waals surface area contributed by atoms with Gasteiger partial charge in [-0.15, -0.1) is 11.3 Å². The third-order valence-electron chi connectivity index (χ3n) is 5.21. The number of nitrogens with zero attached hydrogens (tertiary/aromatic N) is 2. The molecule has 0 saturated carbocycles. The van der Waals surface area contributed by atoms with Crippen LogP contribution in [0.2, 0.25) is 0 Å². The average Bonchev–Trinajstić information content (AvgIpc) is 3.31. The minimum Gasteiger partial charge on any atom is -0.381 e. The highest BCUT2D eigenvalue weighted by molar-refractivity contribution is 7.85. The first-order valence-corrected chi connectivity index (χ1v) is 11.9. The molecule has 2 unspecified atom stereocenters. The first-order chi connectivity index (χ1) is 14.7. The van der Waals surface area contributed by atoms with Crippen LogP contribution in [0.15, 0.2) is 70.2 Å². The van der Waals surface area contributed by atoms with Crippen molar-refractivity contribution in [3.05, 3.63) is 65.8 Å². The Labute approximate surface area is 182 Å². The van der Waals surface area contributed by atoms with Gasteiger partial charge in [-0.05, 0) is 55.0 Å². The number of nitrogens with one attached hydrogen (secondary N) is 1. The van der Waals surface area contributed by atoms with Crippen LogP contribution >= 0.6 is 11.3 Å². The van der Waals surface area contributed by atoms with Gasteiger partial charge in [-0.25, -0.2) is 14.2 Å². The van der Waals surface area contributed by atoms with E-state index in [2.05, 4.69) is 15.3 Å². The van der Waals surface area contributed by atoms with Crippen LogP contribution in [0.3, 0.4) is 0 Å². The highest BCUT2D eigenvalue weighted by Crippen LogP contribution is 2.31. The zero-order valence-electron chi connectivity index (χ0n) is 16.4. The fourth-order valence-electron chi connectivity index (χ4n) is 3.59. The van der Waals surface area contributed by atoms with Crippen LogP contribution in [0.5, 0.6) is 0 Å². The smallest absolute Gasteiger partial charge is 0.233 e. The maximum atomic E-state index is 13.1. The summed E-state index contributed by atoms with van der Waals surface area (Å²) in [5, 5.41) is 5.90. The molecule has 0 aliphatic carbocycles. The third kappa shape index (κ3) is 5.19. The topological polar surface area (TPSA) is 81.2 Å². The number of pyridine rings is 1. The Kier molecular flexibility index (Phi) is 6.99. The molecule has 4 rings (SSSR count). The van der Waals surface area contributed by atoms with Crippen LogP contribution in [0.4, 0.5) is 5.13 Å². The Bertz CT molecular complexity index is 973. The number of aromatic nitrogens is 2. The first-order valence-electron chi connectivity index (χ1n) is 9.91. The molecular formula is C22H23N3O3S2. The summed E-state index contributed by atoms with van der Waals surface area (Å²) < 4.78 is 18.2. The Hall–Kier alpha value is -2.42. The molecule has 3 heterocycles. The molecule has 1 fully saturated rings. The van der Waals surface area contributed by atoms with E-state index < -0.39 is 10.8 Å².